The van der Waals surface area contributed by atoms with Gasteiger partial charge in [-0.1, -0.05) is 19.1 Å². The summed E-state index contributed by atoms with van der Waals surface area (Å²) in [4.78, 5) is 21.9. The van der Waals surface area contributed by atoms with Crippen molar-refractivity contribution in [1.82, 2.24) is 14.9 Å². The van der Waals surface area contributed by atoms with Crippen LogP contribution in [0.15, 0.2) is 29.1 Å². The lowest BCUT2D eigenvalue weighted by atomic mass is 9.97. The highest BCUT2D eigenvalue weighted by molar-refractivity contribution is 5.33. The summed E-state index contributed by atoms with van der Waals surface area (Å²) in [6.45, 7) is 2.90. The number of hydrogen-bond acceptors (Lipinski definition) is 5. The molecule has 0 spiro atoms. The number of ether oxygens (including phenoxy) is 1. The Hall–Kier alpha value is -2.34. The topological polar surface area (TPSA) is 70.2 Å². The Morgan fingerprint density at radius 2 is 2.12 bits per heavy atom. The largest absolute Gasteiger partial charge is 0.471 e. The van der Waals surface area contributed by atoms with Crippen molar-refractivity contribution < 1.29 is 4.74 Å². The van der Waals surface area contributed by atoms with E-state index in [4.69, 9.17) is 4.74 Å². The molecule has 0 fully saturated rings. The van der Waals surface area contributed by atoms with Gasteiger partial charge in [0.05, 0.1) is 5.69 Å². The number of aromatic amines is 1. The Kier molecular flexibility index (Phi) is 5.93. The van der Waals surface area contributed by atoms with Crippen molar-refractivity contribution >= 4 is 5.95 Å². The van der Waals surface area contributed by atoms with Gasteiger partial charge in [0.1, 0.15) is 5.75 Å². The highest BCUT2D eigenvalue weighted by Gasteiger charge is 2.17. The summed E-state index contributed by atoms with van der Waals surface area (Å²) in [6.07, 6.45) is 4.35. The maximum absolute atomic E-state index is 12.3. The summed E-state index contributed by atoms with van der Waals surface area (Å²) in [6, 6.07) is 8.09. The lowest BCUT2D eigenvalue weighted by molar-refractivity contribution is 0.224. The predicted molar refractivity (Wildman–Crippen MR) is 104 cm³/mol. The third-order valence-corrected chi connectivity index (χ3v) is 4.54. The lowest BCUT2D eigenvalue weighted by Crippen LogP contribution is -2.30. The summed E-state index contributed by atoms with van der Waals surface area (Å²) >= 11 is 0. The lowest BCUT2D eigenvalue weighted by Gasteiger charge is -2.21. The van der Waals surface area contributed by atoms with Crippen LogP contribution in [0, 0.1) is 0 Å². The third-order valence-electron chi connectivity index (χ3n) is 4.54. The van der Waals surface area contributed by atoms with Crippen LogP contribution in [0.3, 0.4) is 0 Å². The fraction of sp³-hybridized carbons (Fsp3) is 0.500. The zero-order chi connectivity index (χ0) is 18.5. The number of H-pyrrole nitrogens is 1. The second-order valence-electron chi connectivity index (χ2n) is 7.09. The third kappa shape index (κ3) is 4.64. The Balaban J connectivity index is 1.72. The molecule has 0 radical (unpaired) electrons. The summed E-state index contributed by atoms with van der Waals surface area (Å²) in [7, 11) is 4.09. The number of anilines is 1. The minimum Gasteiger partial charge on any atom is -0.471 e. The van der Waals surface area contributed by atoms with E-state index in [1.54, 1.807) is 0 Å². The predicted octanol–water partition coefficient (Wildman–Crippen LogP) is 2.94. The molecule has 140 valence electrons. The molecule has 3 rings (SSSR count). The van der Waals surface area contributed by atoms with Gasteiger partial charge in [-0.3, -0.25) is 9.78 Å². The normalized spacial score (nSPS) is 14.8. The monoisotopic (exact) mass is 356 g/mol. The summed E-state index contributed by atoms with van der Waals surface area (Å²) in [5, 5.41) is 3.23. The minimum atomic E-state index is -0.255. The second-order valence-corrected chi connectivity index (χ2v) is 7.09. The Morgan fingerprint density at radius 3 is 2.88 bits per heavy atom. The fourth-order valence-electron chi connectivity index (χ4n) is 3.29. The molecular formula is C20H28N4O2. The van der Waals surface area contributed by atoms with Crippen molar-refractivity contribution in [2.45, 2.75) is 51.8 Å². The number of nitrogens with one attached hydrogen (secondary N) is 2. The fourth-order valence-corrected chi connectivity index (χ4v) is 3.29. The van der Waals surface area contributed by atoms with E-state index in [1.807, 2.05) is 39.2 Å². The molecule has 6 nitrogen and oxygen atoms in total. The number of hydrogen-bond donors (Lipinski definition) is 2. The van der Waals surface area contributed by atoms with Gasteiger partial charge in [-0.05, 0) is 57.5 Å². The SMILES string of the molecule is CCC(Nc1nc2c(c(=O)[nH]1)CCCC2)Oc1cccc(CN(C)C)c1. The van der Waals surface area contributed by atoms with Crippen LogP contribution in [0.1, 0.15) is 43.0 Å². The van der Waals surface area contributed by atoms with Crippen LogP contribution >= 0.6 is 0 Å². The van der Waals surface area contributed by atoms with Gasteiger partial charge in [-0.15, -0.1) is 0 Å². The molecule has 26 heavy (non-hydrogen) atoms. The van der Waals surface area contributed by atoms with Crippen molar-refractivity contribution in [3.63, 3.8) is 0 Å². The molecule has 1 aliphatic rings. The molecule has 1 atom stereocenters. The molecule has 1 heterocycles. The zero-order valence-electron chi connectivity index (χ0n) is 15.8. The van der Waals surface area contributed by atoms with E-state index < -0.39 is 0 Å². The first kappa shape index (κ1) is 18.5. The molecule has 0 bridgehead atoms. The van der Waals surface area contributed by atoms with E-state index in [0.717, 1.165) is 55.7 Å². The molecule has 0 saturated heterocycles. The van der Waals surface area contributed by atoms with E-state index in [1.165, 1.54) is 5.56 Å². The van der Waals surface area contributed by atoms with Crippen LogP contribution in [0.5, 0.6) is 5.75 Å². The van der Waals surface area contributed by atoms with Crippen LogP contribution in [0.4, 0.5) is 5.95 Å². The van der Waals surface area contributed by atoms with E-state index in [-0.39, 0.29) is 11.8 Å². The van der Waals surface area contributed by atoms with Crippen molar-refractivity contribution in [1.29, 1.82) is 0 Å². The molecule has 0 amide bonds. The van der Waals surface area contributed by atoms with Crippen LogP contribution in [-0.2, 0) is 19.4 Å². The standard InChI is InChI=1S/C20H28N4O2/c1-4-18(26-15-9-7-8-14(12-15)13-24(2)3)22-20-21-17-11-6-5-10-16(17)19(25)23-20/h7-9,12,18H,4-6,10-11,13H2,1-3H3,(H2,21,22,23,25). The molecule has 0 saturated carbocycles. The molecule has 1 aliphatic carbocycles. The van der Waals surface area contributed by atoms with Gasteiger partial charge >= 0.3 is 0 Å². The van der Waals surface area contributed by atoms with Crippen molar-refractivity contribution in [2.24, 2.45) is 0 Å². The molecule has 1 aromatic heterocycles. The van der Waals surface area contributed by atoms with Gasteiger partial charge in [0.15, 0.2) is 6.23 Å². The van der Waals surface area contributed by atoms with Gasteiger partial charge in [-0.25, -0.2) is 4.98 Å². The average Bonchev–Trinajstić information content (AvgIpc) is 2.61. The number of fused-ring (bicyclic) bond motifs is 1. The number of aryl methyl sites for hydroxylation is 1. The first-order valence-corrected chi connectivity index (χ1v) is 9.34. The highest BCUT2D eigenvalue weighted by atomic mass is 16.5. The van der Waals surface area contributed by atoms with Crippen LogP contribution in [0.25, 0.3) is 0 Å². The maximum Gasteiger partial charge on any atom is 0.255 e. The van der Waals surface area contributed by atoms with Gasteiger partial charge in [0.2, 0.25) is 5.95 Å². The van der Waals surface area contributed by atoms with Crippen LogP contribution < -0.4 is 15.6 Å². The highest BCUT2D eigenvalue weighted by Crippen LogP contribution is 2.19. The average molecular weight is 356 g/mol. The van der Waals surface area contributed by atoms with Gasteiger partial charge in [0, 0.05) is 18.5 Å². The molecular weight excluding hydrogens is 328 g/mol. The zero-order valence-corrected chi connectivity index (χ0v) is 15.8. The van der Waals surface area contributed by atoms with Crippen molar-refractivity contribution in [3.05, 3.63) is 51.4 Å². The van der Waals surface area contributed by atoms with Crippen LogP contribution in [0.2, 0.25) is 0 Å². The van der Waals surface area contributed by atoms with E-state index >= 15 is 0 Å². The molecule has 2 aromatic rings. The minimum absolute atomic E-state index is 0.0277. The van der Waals surface area contributed by atoms with Crippen molar-refractivity contribution in [2.75, 3.05) is 19.4 Å². The Morgan fingerprint density at radius 1 is 1.31 bits per heavy atom. The van der Waals surface area contributed by atoms with Gasteiger partial charge < -0.3 is 15.0 Å². The number of aromatic nitrogens is 2. The van der Waals surface area contributed by atoms with E-state index in [0.29, 0.717) is 5.95 Å². The number of benzene rings is 1. The molecule has 1 aromatic carbocycles. The number of rotatable bonds is 7. The second kappa shape index (κ2) is 8.36. The van der Waals surface area contributed by atoms with E-state index in [9.17, 15) is 4.79 Å². The summed E-state index contributed by atoms with van der Waals surface area (Å²) < 4.78 is 6.08. The molecule has 2 N–H and O–H groups in total. The summed E-state index contributed by atoms with van der Waals surface area (Å²) in [5.41, 5.74) is 2.93. The Labute approximate surface area is 154 Å². The quantitative estimate of drug-likeness (QED) is 0.747. The first-order valence-electron chi connectivity index (χ1n) is 9.34. The number of nitrogens with zero attached hydrogens (tertiary/aromatic N) is 2. The molecule has 1 unspecified atom stereocenters. The maximum atomic E-state index is 12.3. The summed E-state index contributed by atoms with van der Waals surface area (Å²) in [5.74, 6) is 1.30. The van der Waals surface area contributed by atoms with Crippen LogP contribution in [-0.4, -0.2) is 35.2 Å². The Bertz CT molecular complexity index is 801. The smallest absolute Gasteiger partial charge is 0.255 e. The van der Waals surface area contributed by atoms with E-state index in [2.05, 4.69) is 26.3 Å². The molecule has 6 heteroatoms. The van der Waals surface area contributed by atoms with Gasteiger partial charge in [-0.2, -0.15) is 0 Å². The molecule has 0 aliphatic heterocycles. The first-order chi connectivity index (χ1) is 12.5. The van der Waals surface area contributed by atoms with Gasteiger partial charge in [0.25, 0.3) is 5.56 Å². The van der Waals surface area contributed by atoms with Crippen molar-refractivity contribution in [3.8, 4) is 5.75 Å².